The molecular formula is C9H12BrNO2S. The van der Waals surface area contributed by atoms with Crippen LogP contribution in [0.15, 0.2) is 15.9 Å². The van der Waals surface area contributed by atoms with Crippen molar-refractivity contribution in [1.82, 2.24) is 4.90 Å². The number of rotatable bonds is 4. The molecule has 0 aliphatic rings. The lowest BCUT2D eigenvalue weighted by atomic mass is 10.4. The lowest BCUT2D eigenvalue weighted by molar-refractivity contribution is -0.141. The first-order chi connectivity index (χ1) is 6.61. The molecule has 5 heteroatoms. The van der Waals surface area contributed by atoms with Crippen molar-refractivity contribution in [3.8, 4) is 0 Å². The smallest absolute Gasteiger partial charge is 0.319 e. The molecule has 0 bridgehead atoms. The first kappa shape index (κ1) is 11.7. The van der Waals surface area contributed by atoms with Gasteiger partial charge in [-0.3, -0.25) is 9.69 Å². The fourth-order valence-electron chi connectivity index (χ4n) is 1.04. The van der Waals surface area contributed by atoms with E-state index in [4.69, 9.17) is 0 Å². The van der Waals surface area contributed by atoms with Crippen LogP contribution >= 0.6 is 27.3 Å². The number of likely N-dealkylation sites (N-methyl/N-ethyl adjacent to an activating group) is 1. The standard InChI is InChI=1S/C9H12BrNO2S/c1-11(6-9(12)13-2)5-7-3-4-8(10)14-7/h3-4H,5-6H2,1-2H3. The summed E-state index contributed by atoms with van der Waals surface area (Å²) in [5, 5.41) is 0. The molecule has 0 aliphatic heterocycles. The number of hydrogen-bond donors (Lipinski definition) is 0. The van der Waals surface area contributed by atoms with Gasteiger partial charge in [0.1, 0.15) is 0 Å². The van der Waals surface area contributed by atoms with E-state index in [1.54, 1.807) is 11.3 Å². The minimum absolute atomic E-state index is 0.205. The van der Waals surface area contributed by atoms with Crippen molar-refractivity contribution in [2.75, 3.05) is 20.7 Å². The Morgan fingerprint density at radius 3 is 2.86 bits per heavy atom. The van der Waals surface area contributed by atoms with Gasteiger partial charge < -0.3 is 4.74 Å². The highest BCUT2D eigenvalue weighted by molar-refractivity contribution is 9.11. The van der Waals surface area contributed by atoms with Gasteiger partial charge in [-0.05, 0) is 35.1 Å². The molecule has 3 nitrogen and oxygen atoms in total. The van der Waals surface area contributed by atoms with Gasteiger partial charge in [-0.1, -0.05) is 0 Å². The third kappa shape index (κ3) is 3.77. The monoisotopic (exact) mass is 277 g/mol. The van der Waals surface area contributed by atoms with E-state index in [-0.39, 0.29) is 5.97 Å². The summed E-state index contributed by atoms with van der Waals surface area (Å²) in [5.41, 5.74) is 0. The average Bonchev–Trinajstić information content (AvgIpc) is 2.50. The van der Waals surface area contributed by atoms with E-state index in [1.807, 2.05) is 24.1 Å². The number of carbonyl (C=O) groups excluding carboxylic acids is 1. The fraction of sp³-hybridized carbons (Fsp3) is 0.444. The lowest BCUT2D eigenvalue weighted by Gasteiger charge is -2.13. The lowest BCUT2D eigenvalue weighted by Crippen LogP contribution is -2.25. The molecule has 0 spiro atoms. The summed E-state index contributed by atoms with van der Waals surface area (Å²) < 4.78 is 5.69. The van der Waals surface area contributed by atoms with Gasteiger partial charge in [-0.15, -0.1) is 11.3 Å². The van der Waals surface area contributed by atoms with E-state index in [2.05, 4.69) is 20.7 Å². The number of esters is 1. The van der Waals surface area contributed by atoms with Gasteiger partial charge in [0, 0.05) is 11.4 Å². The van der Waals surface area contributed by atoms with Gasteiger partial charge in [-0.25, -0.2) is 0 Å². The van der Waals surface area contributed by atoms with Gasteiger partial charge in [0.05, 0.1) is 17.4 Å². The van der Waals surface area contributed by atoms with Crippen molar-refractivity contribution in [2.45, 2.75) is 6.54 Å². The molecule has 0 saturated heterocycles. The van der Waals surface area contributed by atoms with E-state index < -0.39 is 0 Å². The molecule has 0 saturated carbocycles. The highest BCUT2D eigenvalue weighted by atomic mass is 79.9. The topological polar surface area (TPSA) is 29.5 Å². The van der Waals surface area contributed by atoms with Crippen LogP contribution in [-0.2, 0) is 16.1 Å². The first-order valence-electron chi connectivity index (χ1n) is 4.11. The van der Waals surface area contributed by atoms with E-state index in [1.165, 1.54) is 12.0 Å². The average molecular weight is 278 g/mol. The molecule has 0 fully saturated rings. The van der Waals surface area contributed by atoms with Gasteiger partial charge >= 0.3 is 5.97 Å². The molecule has 1 aromatic heterocycles. The first-order valence-corrected chi connectivity index (χ1v) is 5.72. The Balaban J connectivity index is 2.41. The van der Waals surface area contributed by atoms with Gasteiger partial charge in [0.2, 0.25) is 0 Å². The molecule has 1 rings (SSSR count). The Morgan fingerprint density at radius 1 is 1.64 bits per heavy atom. The quantitative estimate of drug-likeness (QED) is 0.790. The summed E-state index contributed by atoms with van der Waals surface area (Å²) in [4.78, 5) is 14.1. The van der Waals surface area contributed by atoms with Crippen molar-refractivity contribution in [2.24, 2.45) is 0 Å². The Hall–Kier alpha value is -0.390. The van der Waals surface area contributed by atoms with Crippen molar-refractivity contribution in [1.29, 1.82) is 0 Å². The maximum absolute atomic E-state index is 10.9. The zero-order valence-electron chi connectivity index (χ0n) is 8.12. The second kappa shape index (κ2) is 5.48. The van der Waals surface area contributed by atoms with Crippen LogP contribution in [0.2, 0.25) is 0 Å². The van der Waals surface area contributed by atoms with Crippen molar-refractivity contribution in [3.05, 3.63) is 20.8 Å². The minimum Gasteiger partial charge on any atom is -0.468 e. The molecule has 0 unspecified atom stereocenters. The van der Waals surface area contributed by atoms with Crippen LogP contribution < -0.4 is 0 Å². The molecular weight excluding hydrogens is 266 g/mol. The largest absolute Gasteiger partial charge is 0.468 e. The second-order valence-corrected chi connectivity index (χ2v) is 5.50. The Bertz CT molecular complexity index is 314. The SMILES string of the molecule is COC(=O)CN(C)Cc1ccc(Br)s1. The molecule has 0 radical (unpaired) electrons. The summed E-state index contributed by atoms with van der Waals surface area (Å²) in [6, 6.07) is 4.05. The van der Waals surface area contributed by atoms with Gasteiger partial charge in [-0.2, -0.15) is 0 Å². The highest BCUT2D eigenvalue weighted by Crippen LogP contribution is 2.22. The molecule has 0 atom stereocenters. The summed E-state index contributed by atoms with van der Waals surface area (Å²) in [5.74, 6) is -0.205. The number of ether oxygens (including phenoxy) is 1. The van der Waals surface area contributed by atoms with E-state index in [0.717, 1.165) is 10.3 Å². The molecule has 78 valence electrons. The maximum atomic E-state index is 10.9. The fourth-order valence-corrected chi connectivity index (χ4v) is 2.61. The van der Waals surface area contributed by atoms with Crippen LogP contribution in [0, 0.1) is 0 Å². The normalized spacial score (nSPS) is 10.6. The Kier molecular flexibility index (Phi) is 4.57. The van der Waals surface area contributed by atoms with Crippen molar-refractivity contribution in [3.63, 3.8) is 0 Å². The highest BCUT2D eigenvalue weighted by Gasteiger charge is 2.07. The third-order valence-corrected chi connectivity index (χ3v) is 3.29. The summed E-state index contributed by atoms with van der Waals surface area (Å²) in [6.45, 7) is 1.09. The van der Waals surface area contributed by atoms with Crippen LogP contribution in [0.3, 0.4) is 0 Å². The third-order valence-electron chi connectivity index (χ3n) is 1.68. The van der Waals surface area contributed by atoms with Crippen LogP contribution in [0.1, 0.15) is 4.88 Å². The molecule has 0 amide bonds. The van der Waals surface area contributed by atoms with Crippen molar-refractivity contribution >= 4 is 33.2 Å². The molecule has 0 N–H and O–H groups in total. The number of nitrogens with zero attached hydrogens (tertiary/aromatic N) is 1. The molecule has 1 aromatic rings. The summed E-state index contributed by atoms with van der Waals surface area (Å²) >= 11 is 5.07. The number of halogens is 1. The second-order valence-electron chi connectivity index (χ2n) is 2.95. The van der Waals surface area contributed by atoms with Gasteiger partial charge in [0.15, 0.2) is 0 Å². The number of carbonyl (C=O) groups is 1. The molecule has 0 aliphatic carbocycles. The van der Waals surface area contributed by atoms with E-state index in [9.17, 15) is 4.79 Å². The van der Waals surface area contributed by atoms with Crippen LogP contribution in [-0.4, -0.2) is 31.6 Å². The number of hydrogen-bond acceptors (Lipinski definition) is 4. The van der Waals surface area contributed by atoms with E-state index in [0.29, 0.717) is 6.54 Å². The molecule has 14 heavy (non-hydrogen) atoms. The zero-order valence-corrected chi connectivity index (χ0v) is 10.5. The Labute approximate surface area is 95.8 Å². The Morgan fingerprint density at radius 2 is 2.36 bits per heavy atom. The van der Waals surface area contributed by atoms with Crippen LogP contribution in [0.4, 0.5) is 0 Å². The predicted octanol–water partition coefficient (Wildman–Crippen LogP) is 2.12. The maximum Gasteiger partial charge on any atom is 0.319 e. The zero-order chi connectivity index (χ0) is 10.6. The molecule has 1 heterocycles. The molecule has 0 aromatic carbocycles. The van der Waals surface area contributed by atoms with Gasteiger partial charge in [0.25, 0.3) is 0 Å². The van der Waals surface area contributed by atoms with Crippen LogP contribution in [0.25, 0.3) is 0 Å². The number of thiophene rings is 1. The van der Waals surface area contributed by atoms with E-state index >= 15 is 0 Å². The predicted molar refractivity (Wildman–Crippen MR) is 60.4 cm³/mol. The summed E-state index contributed by atoms with van der Waals surface area (Å²) in [7, 11) is 3.29. The van der Waals surface area contributed by atoms with Crippen molar-refractivity contribution < 1.29 is 9.53 Å². The van der Waals surface area contributed by atoms with Crippen LogP contribution in [0.5, 0.6) is 0 Å². The number of methoxy groups -OCH3 is 1. The summed E-state index contributed by atoms with van der Waals surface area (Å²) in [6.07, 6.45) is 0. The minimum atomic E-state index is -0.205.